The van der Waals surface area contributed by atoms with Crippen LogP contribution in [0.5, 0.6) is 11.5 Å². The normalized spacial score (nSPS) is 29.2. The molecule has 0 aliphatic heterocycles. The van der Waals surface area contributed by atoms with Gasteiger partial charge in [0.2, 0.25) is 0 Å². The monoisotopic (exact) mass is 445 g/mol. The Hall–Kier alpha value is -1.42. The lowest BCUT2D eigenvalue weighted by Crippen LogP contribution is -2.54. The lowest BCUT2D eigenvalue weighted by atomic mass is 9.54. The molecule has 6 rings (SSSR count). The quantitative estimate of drug-likeness (QED) is 0.527. The van der Waals surface area contributed by atoms with E-state index in [0.717, 1.165) is 52.8 Å². The van der Waals surface area contributed by atoms with E-state index >= 15 is 0 Å². The second-order valence-corrected chi connectivity index (χ2v) is 10.1. The van der Waals surface area contributed by atoms with Gasteiger partial charge in [-0.2, -0.15) is 0 Å². The summed E-state index contributed by atoms with van der Waals surface area (Å²) in [6.45, 7) is 1.23. The van der Waals surface area contributed by atoms with Gasteiger partial charge in [-0.1, -0.05) is 41.4 Å². The number of hydrogen-bond donors (Lipinski definition) is 1. The van der Waals surface area contributed by atoms with E-state index in [4.69, 9.17) is 32.7 Å². The molecule has 4 aliphatic rings. The number of ether oxygens (including phenoxy) is 2. The van der Waals surface area contributed by atoms with E-state index in [1.807, 2.05) is 24.3 Å². The van der Waals surface area contributed by atoms with Crippen molar-refractivity contribution in [3.8, 4) is 11.5 Å². The van der Waals surface area contributed by atoms with E-state index in [1.54, 1.807) is 13.2 Å². The Morgan fingerprint density at radius 1 is 0.933 bits per heavy atom. The third kappa shape index (κ3) is 4.04. The maximum Gasteiger partial charge on any atom is 0.166 e. The molecule has 0 atom stereocenters. The third-order valence-electron chi connectivity index (χ3n) is 7.40. The van der Waals surface area contributed by atoms with E-state index < -0.39 is 0 Å². The third-order valence-corrected chi connectivity index (χ3v) is 8.14. The molecular formula is C25H29Cl2NO2. The fourth-order valence-corrected chi connectivity index (χ4v) is 6.62. The van der Waals surface area contributed by atoms with E-state index in [1.165, 1.54) is 32.1 Å². The minimum atomic E-state index is 0.419. The Morgan fingerprint density at radius 3 is 2.33 bits per heavy atom. The zero-order valence-corrected chi connectivity index (χ0v) is 18.9. The summed E-state index contributed by atoms with van der Waals surface area (Å²) in [5, 5.41) is 5.01. The molecule has 4 aliphatic carbocycles. The Kier molecular flexibility index (Phi) is 5.88. The van der Waals surface area contributed by atoms with Crippen LogP contribution in [0.2, 0.25) is 10.0 Å². The molecule has 0 aromatic heterocycles. The molecule has 4 bridgehead atoms. The van der Waals surface area contributed by atoms with Crippen LogP contribution in [0.1, 0.15) is 43.2 Å². The maximum absolute atomic E-state index is 6.23. The van der Waals surface area contributed by atoms with E-state index in [9.17, 15) is 0 Å². The van der Waals surface area contributed by atoms with Crippen molar-refractivity contribution in [2.24, 2.45) is 23.7 Å². The predicted octanol–water partition coefficient (Wildman–Crippen LogP) is 6.50. The second kappa shape index (κ2) is 8.61. The Balaban J connectivity index is 1.29. The highest BCUT2D eigenvalue weighted by Crippen LogP contribution is 2.53. The zero-order chi connectivity index (χ0) is 20.7. The van der Waals surface area contributed by atoms with Crippen LogP contribution < -0.4 is 14.8 Å². The van der Waals surface area contributed by atoms with Gasteiger partial charge in [-0.05, 0) is 79.5 Å². The highest BCUT2D eigenvalue weighted by atomic mass is 35.5. The van der Waals surface area contributed by atoms with Crippen LogP contribution in [-0.4, -0.2) is 13.2 Å². The van der Waals surface area contributed by atoms with Crippen LogP contribution in [0, 0.1) is 23.7 Å². The highest BCUT2D eigenvalue weighted by molar-refractivity contribution is 6.42. The van der Waals surface area contributed by atoms with Gasteiger partial charge in [-0.25, -0.2) is 0 Å². The summed E-state index contributed by atoms with van der Waals surface area (Å²) < 4.78 is 11.8. The van der Waals surface area contributed by atoms with Gasteiger partial charge in [0.05, 0.1) is 17.2 Å². The summed E-state index contributed by atoms with van der Waals surface area (Å²) in [6, 6.07) is 12.4. The number of rotatable bonds is 7. The molecule has 2 aromatic rings. The zero-order valence-electron chi connectivity index (χ0n) is 17.4. The van der Waals surface area contributed by atoms with Crippen molar-refractivity contribution in [3.05, 3.63) is 57.6 Å². The summed E-state index contributed by atoms with van der Waals surface area (Å²) in [6.07, 6.45) is 7.17. The Bertz CT molecular complexity index is 888. The summed E-state index contributed by atoms with van der Waals surface area (Å²) in [5.41, 5.74) is 2.12. The van der Waals surface area contributed by atoms with Gasteiger partial charge < -0.3 is 14.8 Å². The van der Waals surface area contributed by atoms with Crippen LogP contribution in [0.4, 0.5) is 0 Å². The van der Waals surface area contributed by atoms with Crippen molar-refractivity contribution in [1.29, 1.82) is 0 Å². The summed E-state index contributed by atoms with van der Waals surface area (Å²) in [7, 11) is 1.69. The lowest BCUT2D eigenvalue weighted by molar-refractivity contribution is -0.0143. The van der Waals surface area contributed by atoms with Gasteiger partial charge in [0.15, 0.2) is 11.5 Å². The molecule has 0 amide bonds. The standard InChI is InChI=1S/C25H29Cl2NO2/c1-29-23-4-2-3-18(25(23)30-14-15-5-6-21(26)22(27)12-15)13-28-24-19-8-16-7-17(10-19)11-20(24)9-16/h2-6,12,16-17,19-20,24,28H,7-11,13-14H2,1H3. The van der Waals surface area contributed by atoms with Crippen molar-refractivity contribution in [1.82, 2.24) is 5.32 Å². The van der Waals surface area contributed by atoms with Gasteiger partial charge in [0.1, 0.15) is 6.61 Å². The number of halogens is 2. The first-order valence-corrected chi connectivity index (χ1v) is 11.8. The minimum Gasteiger partial charge on any atom is -0.493 e. The van der Waals surface area contributed by atoms with E-state index in [-0.39, 0.29) is 0 Å². The number of methoxy groups -OCH3 is 1. The van der Waals surface area contributed by atoms with Gasteiger partial charge in [0, 0.05) is 18.2 Å². The van der Waals surface area contributed by atoms with E-state index in [2.05, 4.69) is 11.4 Å². The number of nitrogens with one attached hydrogen (secondary N) is 1. The van der Waals surface area contributed by atoms with Crippen molar-refractivity contribution < 1.29 is 9.47 Å². The maximum atomic E-state index is 6.23. The average Bonchev–Trinajstić information content (AvgIpc) is 2.74. The van der Waals surface area contributed by atoms with Gasteiger partial charge in [-0.3, -0.25) is 0 Å². The molecule has 5 heteroatoms. The molecule has 2 aromatic carbocycles. The summed E-state index contributed by atoms with van der Waals surface area (Å²) in [4.78, 5) is 0. The molecule has 4 saturated carbocycles. The van der Waals surface area contributed by atoms with Crippen LogP contribution in [0.25, 0.3) is 0 Å². The fraction of sp³-hybridized carbons (Fsp3) is 0.520. The van der Waals surface area contributed by atoms with Crippen molar-refractivity contribution in [2.75, 3.05) is 7.11 Å². The van der Waals surface area contributed by atoms with Crippen LogP contribution in [0.3, 0.4) is 0 Å². The molecule has 0 saturated heterocycles. The largest absolute Gasteiger partial charge is 0.493 e. The molecular weight excluding hydrogens is 417 g/mol. The van der Waals surface area contributed by atoms with Crippen molar-refractivity contribution in [2.45, 2.75) is 51.3 Å². The molecule has 0 radical (unpaired) electrons. The van der Waals surface area contributed by atoms with Gasteiger partial charge in [0.25, 0.3) is 0 Å². The topological polar surface area (TPSA) is 30.5 Å². The molecule has 30 heavy (non-hydrogen) atoms. The highest BCUT2D eigenvalue weighted by Gasteiger charge is 2.47. The smallest absolute Gasteiger partial charge is 0.166 e. The first-order valence-electron chi connectivity index (χ1n) is 11.1. The van der Waals surface area contributed by atoms with E-state index in [0.29, 0.717) is 22.7 Å². The number of benzene rings is 2. The second-order valence-electron chi connectivity index (χ2n) is 9.32. The Labute approximate surface area is 189 Å². The Morgan fingerprint density at radius 2 is 1.67 bits per heavy atom. The molecule has 0 spiro atoms. The molecule has 3 nitrogen and oxygen atoms in total. The lowest BCUT2D eigenvalue weighted by Gasteiger charge is -2.54. The first-order chi connectivity index (χ1) is 14.6. The van der Waals surface area contributed by atoms with Crippen LogP contribution >= 0.6 is 23.2 Å². The summed E-state index contributed by atoms with van der Waals surface area (Å²) in [5.74, 6) is 5.27. The molecule has 0 heterocycles. The SMILES string of the molecule is COc1cccc(CNC2C3CC4CC(C3)CC2C4)c1OCc1ccc(Cl)c(Cl)c1. The predicted molar refractivity (Wildman–Crippen MR) is 121 cm³/mol. The molecule has 4 fully saturated rings. The average molecular weight is 446 g/mol. The fourth-order valence-electron chi connectivity index (χ4n) is 6.30. The molecule has 160 valence electrons. The first kappa shape index (κ1) is 20.5. The van der Waals surface area contributed by atoms with Crippen LogP contribution in [-0.2, 0) is 13.2 Å². The molecule has 1 N–H and O–H groups in total. The molecule has 0 unspecified atom stereocenters. The summed E-state index contributed by atoms with van der Waals surface area (Å²) >= 11 is 12.2. The number of hydrogen-bond acceptors (Lipinski definition) is 3. The van der Waals surface area contributed by atoms with Gasteiger partial charge in [-0.15, -0.1) is 0 Å². The van der Waals surface area contributed by atoms with Gasteiger partial charge >= 0.3 is 0 Å². The van der Waals surface area contributed by atoms with Crippen molar-refractivity contribution >= 4 is 23.2 Å². The van der Waals surface area contributed by atoms with Crippen molar-refractivity contribution in [3.63, 3.8) is 0 Å². The van der Waals surface area contributed by atoms with Crippen LogP contribution in [0.15, 0.2) is 36.4 Å². The minimum absolute atomic E-state index is 0.419. The number of para-hydroxylation sites is 1.